The molecule has 1 aliphatic heterocycles. The van der Waals surface area contributed by atoms with E-state index in [-0.39, 0.29) is 23.4 Å². The number of nitrogens with zero attached hydrogens (tertiary/aromatic N) is 3. The van der Waals surface area contributed by atoms with Crippen LogP contribution in [0.3, 0.4) is 0 Å². The standard InChI is InChI=1S/C19H18Cl2F3N3O2/c1-12-8-14(20)2-3-16(12)29-11-17(28)26-4-6-27(7-5-26)18-15(21)9-13(10-25-18)19(22,23)24/h2-3,8-10H,4-7,11H2,1H3. The van der Waals surface area contributed by atoms with E-state index in [0.717, 1.165) is 17.8 Å². The van der Waals surface area contributed by atoms with Crippen LogP contribution in [0.5, 0.6) is 5.75 Å². The van der Waals surface area contributed by atoms with Gasteiger partial charge in [0.1, 0.15) is 11.6 Å². The number of piperazine rings is 1. The van der Waals surface area contributed by atoms with Crippen LogP contribution < -0.4 is 9.64 Å². The summed E-state index contributed by atoms with van der Waals surface area (Å²) in [6.45, 7) is 3.32. The van der Waals surface area contributed by atoms with Crippen molar-refractivity contribution in [1.82, 2.24) is 9.88 Å². The Hall–Kier alpha value is -2.19. The summed E-state index contributed by atoms with van der Waals surface area (Å²) >= 11 is 11.9. The van der Waals surface area contributed by atoms with Crippen molar-refractivity contribution in [1.29, 1.82) is 0 Å². The van der Waals surface area contributed by atoms with Crippen LogP contribution in [0.15, 0.2) is 30.5 Å². The Morgan fingerprint density at radius 1 is 1.17 bits per heavy atom. The Morgan fingerprint density at radius 2 is 1.86 bits per heavy atom. The molecule has 5 nitrogen and oxygen atoms in total. The number of rotatable bonds is 4. The number of anilines is 1. The van der Waals surface area contributed by atoms with Crippen LogP contribution in [0.25, 0.3) is 0 Å². The van der Waals surface area contributed by atoms with Crippen LogP contribution in [0.4, 0.5) is 19.0 Å². The number of amides is 1. The molecular formula is C19H18Cl2F3N3O2. The second-order valence-electron chi connectivity index (χ2n) is 6.59. The first kappa shape index (κ1) is 21.5. The average molecular weight is 448 g/mol. The molecule has 2 heterocycles. The third-order valence-corrected chi connectivity index (χ3v) is 5.08. The van der Waals surface area contributed by atoms with Gasteiger partial charge in [0.25, 0.3) is 5.91 Å². The number of ether oxygens (including phenoxy) is 1. The first-order valence-corrected chi connectivity index (χ1v) is 9.55. The zero-order chi connectivity index (χ0) is 21.2. The Labute approximate surface area is 176 Å². The maximum Gasteiger partial charge on any atom is 0.417 e. The molecule has 3 rings (SSSR count). The molecule has 0 radical (unpaired) electrons. The van der Waals surface area contributed by atoms with Gasteiger partial charge in [0.05, 0.1) is 10.6 Å². The molecule has 0 unspecified atom stereocenters. The van der Waals surface area contributed by atoms with Crippen molar-refractivity contribution >= 4 is 34.9 Å². The summed E-state index contributed by atoms with van der Waals surface area (Å²) in [5.41, 5.74) is -0.0622. The van der Waals surface area contributed by atoms with Crippen LogP contribution in [-0.2, 0) is 11.0 Å². The molecule has 29 heavy (non-hydrogen) atoms. The molecule has 1 aliphatic rings. The molecule has 0 bridgehead atoms. The number of halogens is 5. The summed E-state index contributed by atoms with van der Waals surface area (Å²) in [5.74, 6) is 0.687. The van der Waals surface area contributed by atoms with Crippen molar-refractivity contribution < 1.29 is 22.7 Å². The second-order valence-corrected chi connectivity index (χ2v) is 7.44. The van der Waals surface area contributed by atoms with E-state index in [1.165, 1.54) is 0 Å². The lowest BCUT2D eigenvalue weighted by Gasteiger charge is -2.35. The normalized spacial score (nSPS) is 14.8. The minimum Gasteiger partial charge on any atom is -0.483 e. The van der Waals surface area contributed by atoms with E-state index in [1.54, 1.807) is 28.0 Å². The van der Waals surface area contributed by atoms with Crippen LogP contribution in [0.1, 0.15) is 11.1 Å². The first-order valence-electron chi connectivity index (χ1n) is 8.79. The van der Waals surface area contributed by atoms with Crippen molar-refractivity contribution in [3.8, 4) is 5.75 Å². The third kappa shape index (κ3) is 5.25. The molecule has 10 heteroatoms. The highest BCUT2D eigenvalue weighted by Crippen LogP contribution is 2.33. The van der Waals surface area contributed by atoms with Crippen molar-refractivity contribution in [3.05, 3.63) is 51.6 Å². The summed E-state index contributed by atoms with van der Waals surface area (Å²) in [7, 11) is 0. The van der Waals surface area contributed by atoms with Crippen molar-refractivity contribution in [2.45, 2.75) is 13.1 Å². The zero-order valence-corrected chi connectivity index (χ0v) is 17.0. The average Bonchev–Trinajstić information content (AvgIpc) is 2.66. The highest BCUT2D eigenvalue weighted by molar-refractivity contribution is 6.33. The molecule has 0 atom stereocenters. The monoisotopic (exact) mass is 447 g/mol. The second kappa shape index (κ2) is 8.67. The fraction of sp³-hybridized carbons (Fsp3) is 0.368. The molecule has 1 fully saturated rings. The number of aromatic nitrogens is 1. The summed E-state index contributed by atoms with van der Waals surface area (Å²) in [5, 5.41) is 0.522. The van der Waals surface area contributed by atoms with Gasteiger partial charge in [-0.15, -0.1) is 0 Å². The van der Waals surface area contributed by atoms with Gasteiger partial charge in [-0.3, -0.25) is 4.79 Å². The van der Waals surface area contributed by atoms with E-state index in [2.05, 4.69) is 4.98 Å². The number of carbonyl (C=O) groups is 1. The van der Waals surface area contributed by atoms with Gasteiger partial charge in [0.15, 0.2) is 6.61 Å². The van der Waals surface area contributed by atoms with E-state index in [9.17, 15) is 18.0 Å². The predicted octanol–water partition coefficient (Wildman–Crippen LogP) is 4.44. The van der Waals surface area contributed by atoms with Crippen molar-refractivity contribution in [2.24, 2.45) is 0 Å². The fourth-order valence-electron chi connectivity index (χ4n) is 2.99. The number of hydrogen-bond acceptors (Lipinski definition) is 4. The topological polar surface area (TPSA) is 45.7 Å². The Kier molecular flexibility index (Phi) is 6.43. The lowest BCUT2D eigenvalue weighted by Crippen LogP contribution is -2.50. The van der Waals surface area contributed by atoms with Gasteiger partial charge in [0, 0.05) is 37.4 Å². The number of pyridine rings is 1. The molecule has 1 aromatic heterocycles. The Balaban J connectivity index is 1.55. The molecule has 1 saturated heterocycles. The van der Waals surface area contributed by atoms with E-state index < -0.39 is 11.7 Å². The molecular weight excluding hydrogens is 430 g/mol. The number of aryl methyl sites for hydroxylation is 1. The van der Waals surface area contributed by atoms with Crippen LogP contribution in [0, 0.1) is 6.92 Å². The van der Waals surface area contributed by atoms with E-state index in [4.69, 9.17) is 27.9 Å². The lowest BCUT2D eigenvalue weighted by atomic mass is 10.2. The van der Waals surface area contributed by atoms with Gasteiger partial charge < -0.3 is 14.5 Å². The van der Waals surface area contributed by atoms with Gasteiger partial charge in [-0.2, -0.15) is 13.2 Å². The quantitative estimate of drug-likeness (QED) is 0.694. The maximum atomic E-state index is 12.7. The molecule has 2 aromatic rings. The van der Waals surface area contributed by atoms with Gasteiger partial charge in [-0.05, 0) is 36.8 Å². The Bertz CT molecular complexity index is 901. The summed E-state index contributed by atoms with van der Waals surface area (Å²) < 4.78 is 43.8. The molecule has 0 saturated carbocycles. The van der Waals surface area contributed by atoms with Crippen molar-refractivity contribution in [3.63, 3.8) is 0 Å². The SMILES string of the molecule is Cc1cc(Cl)ccc1OCC(=O)N1CCN(c2ncc(C(F)(F)F)cc2Cl)CC1. The summed E-state index contributed by atoms with van der Waals surface area (Å²) in [6, 6.07) is 6.01. The van der Waals surface area contributed by atoms with Gasteiger partial charge in [0.2, 0.25) is 0 Å². The zero-order valence-electron chi connectivity index (χ0n) is 15.5. The van der Waals surface area contributed by atoms with E-state index in [0.29, 0.717) is 37.0 Å². The number of benzene rings is 1. The third-order valence-electron chi connectivity index (χ3n) is 4.57. The molecule has 1 aromatic carbocycles. The highest BCUT2D eigenvalue weighted by atomic mass is 35.5. The smallest absolute Gasteiger partial charge is 0.417 e. The van der Waals surface area contributed by atoms with E-state index >= 15 is 0 Å². The number of carbonyl (C=O) groups excluding carboxylic acids is 1. The molecule has 0 aliphatic carbocycles. The first-order chi connectivity index (χ1) is 13.6. The molecule has 1 amide bonds. The predicted molar refractivity (Wildman–Crippen MR) is 105 cm³/mol. The van der Waals surface area contributed by atoms with Crippen LogP contribution >= 0.6 is 23.2 Å². The van der Waals surface area contributed by atoms with Gasteiger partial charge in [-0.25, -0.2) is 4.98 Å². The number of alkyl halides is 3. The molecule has 0 N–H and O–H groups in total. The molecule has 0 spiro atoms. The largest absolute Gasteiger partial charge is 0.483 e. The summed E-state index contributed by atoms with van der Waals surface area (Å²) in [6.07, 6.45) is -3.73. The summed E-state index contributed by atoms with van der Waals surface area (Å²) in [4.78, 5) is 19.7. The van der Waals surface area contributed by atoms with Crippen LogP contribution in [-0.4, -0.2) is 48.6 Å². The minimum absolute atomic E-state index is 0.0684. The minimum atomic E-state index is -4.50. The molecule has 156 valence electrons. The van der Waals surface area contributed by atoms with Gasteiger partial charge >= 0.3 is 6.18 Å². The highest BCUT2D eigenvalue weighted by Gasteiger charge is 2.32. The lowest BCUT2D eigenvalue weighted by molar-refractivity contribution is -0.138. The van der Waals surface area contributed by atoms with Crippen molar-refractivity contribution in [2.75, 3.05) is 37.7 Å². The fourth-order valence-corrected chi connectivity index (χ4v) is 3.50. The number of hydrogen-bond donors (Lipinski definition) is 0. The maximum absolute atomic E-state index is 12.7. The van der Waals surface area contributed by atoms with E-state index in [1.807, 2.05) is 6.92 Å². The Morgan fingerprint density at radius 3 is 2.45 bits per heavy atom. The van der Waals surface area contributed by atoms with Crippen LogP contribution in [0.2, 0.25) is 10.0 Å². The van der Waals surface area contributed by atoms with Gasteiger partial charge in [-0.1, -0.05) is 23.2 Å².